The lowest BCUT2D eigenvalue weighted by Gasteiger charge is -2.11. The first-order valence-corrected chi connectivity index (χ1v) is 6.94. The smallest absolute Gasteiger partial charge is 0.407 e. The van der Waals surface area contributed by atoms with E-state index in [1.54, 1.807) is 0 Å². The quantitative estimate of drug-likeness (QED) is 0.185. The lowest BCUT2D eigenvalue weighted by molar-refractivity contribution is -0.145. The number of ether oxygens (including phenoxy) is 2. The van der Waals surface area contributed by atoms with Gasteiger partial charge < -0.3 is 14.8 Å². The minimum absolute atomic E-state index is 0.0628. The molecule has 0 spiro atoms. The van der Waals surface area contributed by atoms with Crippen LogP contribution in [-0.2, 0) is 23.9 Å². The molecule has 0 aromatic carbocycles. The summed E-state index contributed by atoms with van der Waals surface area (Å²) in [6.07, 6.45) is 4.86. The van der Waals surface area contributed by atoms with E-state index in [0.29, 0.717) is 19.4 Å². The van der Waals surface area contributed by atoms with Gasteiger partial charge in [-0.25, -0.2) is 24.2 Å². The summed E-state index contributed by atoms with van der Waals surface area (Å²) in [5, 5.41) is 2.37. The van der Waals surface area contributed by atoms with Crippen LogP contribution in [0.1, 0.15) is 19.3 Å². The van der Waals surface area contributed by atoms with Crippen molar-refractivity contribution in [3.05, 3.63) is 12.7 Å². The van der Waals surface area contributed by atoms with Gasteiger partial charge in [0.25, 0.3) is 0 Å². The average Bonchev–Trinajstić information content (AvgIpc) is 2.55. The van der Waals surface area contributed by atoms with Crippen LogP contribution in [0.2, 0.25) is 0 Å². The van der Waals surface area contributed by atoms with Gasteiger partial charge in [0.2, 0.25) is 12.2 Å². The molecule has 1 atom stereocenters. The zero-order chi connectivity index (χ0) is 17.3. The standard InChI is InChI=1S/C14H19N3O6/c1-2-8-23-14(21)16-7-9-22-13(20)12(17-11-19)5-3-4-6-15-10-18/h2,12H,1,3-9H2,(H,16,21). The number of amides is 1. The van der Waals surface area contributed by atoms with Gasteiger partial charge in [-0.1, -0.05) is 12.7 Å². The molecule has 0 aromatic rings. The molecule has 0 aliphatic heterocycles. The molecule has 0 saturated heterocycles. The number of unbranched alkanes of at least 4 members (excludes halogenated alkanes) is 1. The Kier molecular flexibility index (Phi) is 12.5. The molecule has 0 fully saturated rings. The zero-order valence-electron chi connectivity index (χ0n) is 12.7. The summed E-state index contributed by atoms with van der Waals surface area (Å²) in [5.41, 5.74) is 0. The van der Waals surface area contributed by atoms with Gasteiger partial charge in [0.1, 0.15) is 13.2 Å². The fourth-order valence-corrected chi connectivity index (χ4v) is 1.46. The Morgan fingerprint density at radius 1 is 1.22 bits per heavy atom. The number of aliphatic imine (C=N–C) groups is 2. The summed E-state index contributed by atoms with van der Waals surface area (Å²) in [7, 11) is 0. The second-order valence-corrected chi connectivity index (χ2v) is 4.19. The Morgan fingerprint density at radius 3 is 2.65 bits per heavy atom. The second-order valence-electron chi connectivity index (χ2n) is 4.19. The van der Waals surface area contributed by atoms with E-state index in [-0.39, 0.29) is 26.2 Å². The molecular formula is C14H19N3O6. The first-order chi connectivity index (χ1) is 11.2. The van der Waals surface area contributed by atoms with Gasteiger partial charge in [0, 0.05) is 0 Å². The normalized spacial score (nSPS) is 10.4. The molecule has 1 unspecified atom stereocenters. The monoisotopic (exact) mass is 325 g/mol. The van der Waals surface area contributed by atoms with Crippen LogP contribution < -0.4 is 5.32 Å². The number of hydrogen-bond donors (Lipinski definition) is 1. The molecular weight excluding hydrogens is 306 g/mol. The second kappa shape index (κ2) is 14.2. The van der Waals surface area contributed by atoms with Crippen LogP contribution in [0.25, 0.3) is 0 Å². The Labute approximate surface area is 133 Å². The largest absolute Gasteiger partial charge is 0.462 e. The van der Waals surface area contributed by atoms with Crippen LogP contribution in [-0.4, -0.2) is 56.6 Å². The zero-order valence-corrected chi connectivity index (χ0v) is 12.7. The predicted octanol–water partition coefficient (Wildman–Crippen LogP) is 0.652. The molecule has 126 valence electrons. The Bertz CT molecular complexity index is 481. The van der Waals surface area contributed by atoms with Crippen molar-refractivity contribution < 1.29 is 28.7 Å². The van der Waals surface area contributed by atoms with Crippen LogP contribution in [0.3, 0.4) is 0 Å². The number of esters is 1. The molecule has 1 N–H and O–H groups in total. The summed E-state index contributed by atoms with van der Waals surface area (Å²) in [6, 6.07) is -0.958. The Balaban J connectivity index is 4.00. The highest BCUT2D eigenvalue weighted by Crippen LogP contribution is 2.06. The molecule has 0 rings (SSSR count). The van der Waals surface area contributed by atoms with Crippen molar-refractivity contribution in [2.45, 2.75) is 25.3 Å². The average molecular weight is 325 g/mol. The molecule has 9 heteroatoms. The van der Waals surface area contributed by atoms with Gasteiger partial charge in [0.15, 0.2) is 6.04 Å². The van der Waals surface area contributed by atoms with Gasteiger partial charge in [0.05, 0.1) is 13.1 Å². The van der Waals surface area contributed by atoms with Crippen molar-refractivity contribution in [3.63, 3.8) is 0 Å². The number of rotatable bonds is 12. The van der Waals surface area contributed by atoms with E-state index in [4.69, 9.17) is 4.74 Å². The third-order valence-corrected chi connectivity index (χ3v) is 2.49. The first kappa shape index (κ1) is 20.2. The fraction of sp³-hybridized carbons (Fsp3) is 0.571. The van der Waals surface area contributed by atoms with Crippen molar-refractivity contribution in [3.8, 4) is 0 Å². The minimum atomic E-state index is -0.958. The molecule has 9 nitrogen and oxygen atoms in total. The van der Waals surface area contributed by atoms with E-state index in [1.165, 1.54) is 18.2 Å². The number of isocyanates is 2. The van der Waals surface area contributed by atoms with Crippen molar-refractivity contribution >= 4 is 24.2 Å². The lowest BCUT2D eigenvalue weighted by atomic mass is 10.1. The van der Waals surface area contributed by atoms with Crippen LogP contribution in [0.15, 0.2) is 22.6 Å². The van der Waals surface area contributed by atoms with Crippen LogP contribution in [0.5, 0.6) is 0 Å². The predicted molar refractivity (Wildman–Crippen MR) is 79.3 cm³/mol. The van der Waals surface area contributed by atoms with Crippen molar-refractivity contribution in [1.82, 2.24) is 5.32 Å². The summed E-state index contributed by atoms with van der Waals surface area (Å²) in [4.78, 5) is 49.8. The van der Waals surface area contributed by atoms with Crippen molar-refractivity contribution in [2.75, 3.05) is 26.3 Å². The number of alkyl carbamates (subject to hydrolysis) is 1. The van der Waals surface area contributed by atoms with E-state index in [0.717, 1.165) is 0 Å². The van der Waals surface area contributed by atoms with Gasteiger partial charge in [-0.05, 0) is 19.3 Å². The summed E-state index contributed by atoms with van der Waals surface area (Å²) < 4.78 is 9.56. The molecule has 0 saturated carbocycles. The number of nitrogens with zero attached hydrogens (tertiary/aromatic N) is 2. The Hall–Kier alpha value is -2.76. The maximum absolute atomic E-state index is 11.7. The van der Waals surface area contributed by atoms with Crippen LogP contribution in [0, 0.1) is 0 Å². The highest BCUT2D eigenvalue weighted by Gasteiger charge is 2.18. The molecule has 0 radical (unpaired) electrons. The molecule has 23 heavy (non-hydrogen) atoms. The van der Waals surface area contributed by atoms with Crippen LogP contribution >= 0.6 is 0 Å². The third-order valence-electron chi connectivity index (χ3n) is 2.49. The van der Waals surface area contributed by atoms with Gasteiger partial charge in [-0.15, -0.1) is 0 Å². The highest BCUT2D eigenvalue weighted by molar-refractivity contribution is 5.77. The maximum atomic E-state index is 11.7. The molecule has 0 bridgehead atoms. The van der Waals surface area contributed by atoms with Gasteiger partial charge in [-0.2, -0.15) is 4.99 Å². The lowest BCUT2D eigenvalue weighted by Crippen LogP contribution is -2.30. The molecule has 1 amide bonds. The van der Waals surface area contributed by atoms with Gasteiger partial charge >= 0.3 is 12.1 Å². The minimum Gasteiger partial charge on any atom is -0.462 e. The summed E-state index contributed by atoms with van der Waals surface area (Å²) in [5.74, 6) is -0.687. The first-order valence-electron chi connectivity index (χ1n) is 6.94. The van der Waals surface area contributed by atoms with E-state index in [1.807, 2.05) is 0 Å². The number of carbonyl (C=O) groups is 2. The number of nitrogens with one attached hydrogen (secondary N) is 1. The maximum Gasteiger partial charge on any atom is 0.407 e. The van der Waals surface area contributed by atoms with E-state index in [9.17, 15) is 19.2 Å². The van der Waals surface area contributed by atoms with E-state index in [2.05, 4.69) is 26.6 Å². The fourth-order valence-electron chi connectivity index (χ4n) is 1.46. The SMILES string of the molecule is C=CCOC(=O)NCCOC(=O)C(CCCCN=C=O)N=C=O. The molecule has 0 aromatic heterocycles. The van der Waals surface area contributed by atoms with Crippen molar-refractivity contribution in [1.29, 1.82) is 0 Å². The van der Waals surface area contributed by atoms with Crippen molar-refractivity contribution in [2.24, 2.45) is 9.98 Å². The van der Waals surface area contributed by atoms with Crippen LogP contribution in [0.4, 0.5) is 4.79 Å². The highest BCUT2D eigenvalue weighted by atomic mass is 16.6. The van der Waals surface area contributed by atoms with E-state index >= 15 is 0 Å². The number of hydrogen-bond acceptors (Lipinski definition) is 8. The Morgan fingerprint density at radius 2 is 2.00 bits per heavy atom. The molecule has 0 aliphatic carbocycles. The van der Waals surface area contributed by atoms with Gasteiger partial charge in [-0.3, -0.25) is 0 Å². The third kappa shape index (κ3) is 11.6. The summed E-state index contributed by atoms with van der Waals surface area (Å²) >= 11 is 0. The summed E-state index contributed by atoms with van der Waals surface area (Å²) in [6.45, 7) is 3.75. The molecule has 0 heterocycles. The number of carbonyl (C=O) groups excluding carboxylic acids is 4. The molecule has 0 aliphatic rings. The van der Waals surface area contributed by atoms with E-state index < -0.39 is 18.1 Å². The topological polar surface area (TPSA) is 123 Å².